The highest BCUT2D eigenvalue weighted by Gasteiger charge is 2.05. The minimum Gasteiger partial charge on any atom is -0.463 e. The fourth-order valence-corrected chi connectivity index (χ4v) is 1.75. The molecule has 3 N–H and O–H groups in total. The summed E-state index contributed by atoms with van der Waals surface area (Å²) in [5.41, 5.74) is 7.93. The molecule has 0 spiro atoms. The van der Waals surface area contributed by atoms with Crippen LogP contribution in [0.5, 0.6) is 0 Å². The molecule has 1 rings (SSSR count). The van der Waals surface area contributed by atoms with Crippen LogP contribution in [0.1, 0.15) is 45.6 Å². The topological polar surface area (TPSA) is 76.7 Å². The van der Waals surface area contributed by atoms with E-state index in [0.29, 0.717) is 18.4 Å². The number of nitrogens with zero attached hydrogens (tertiary/aromatic N) is 1. The number of anilines is 1. The molecule has 0 aliphatic carbocycles. The molecule has 0 radical (unpaired) electrons. The number of carbonyl (C=O) groups excluding carboxylic acids is 1. The second-order valence-corrected chi connectivity index (χ2v) is 5.46. The number of hydrogen-bond donors (Lipinski definition) is 2. The summed E-state index contributed by atoms with van der Waals surface area (Å²) in [6.45, 7) is 8.22. The van der Waals surface area contributed by atoms with Gasteiger partial charge in [0.2, 0.25) is 0 Å². The summed E-state index contributed by atoms with van der Waals surface area (Å²) in [6, 6.07) is 8.03. The lowest BCUT2D eigenvalue weighted by Crippen LogP contribution is -2.23. The molecule has 0 aromatic heterocycles. The van der Waals surface area contributed by atoms with Crippen LogP contribution >= 0.6 is 0 Å². The molecule has 21 heavy (non-hydrogen) atoms. The molecule has 0 heterocycles. The summed E-state index contributed by atoms with van der Waals surface area (Å²) in [7, 11) is 0. The fourth-order valence-electron chi connectivity index (χ4n) is 1.75. The average molecular weight is 291 g/mol. The zero-order chi connectivity index (χ0) is 15.8. The van der Waals surface area contributed by atoms with E-state index in [2.05, 4.69) is 30.2 Å². The van der Waals surface area contributed by atoms with Crippen molar-refractivity contribution in [1.82, 2.24) is 0 Å². The molecule has 0 bridgehead atoms. The third-order valence-electron chi connectivity index (χ3n) is 2.79. The zero-order valence-electron chi connectivity index (χ0n) is 13.2. The lowest BCUT2D eigenvalue weighted by Gasteiger charge is -2.10. The van der Waals surface area contributed by atoms with E-state index in [0.717, 1.165) is 5.69 Å². The molecule has 0 unspecified atom stereocenters. The van der Waals surface area contributed by atoms with Gasteiger partial charge >= 0.3 is 5.97 Å². The third kappa shape index (κ3) is 6.79. The van der Waals surface area contributed by atoms with Crippen molar-refractivity contribution >= 4 is 17.6 Å². The van der Waals surface area contributed by atoms with Crippen LogP contribution < -0.4 is 11.1 Å². The molecule has 0 aliphatic rings. The normalized spacial score (nSPS) is 11.8. The van der Waals surface area contributed by atoms with Crippen molar-refractivity contribution in [2.45, 2.75) is 46.1 Å². The Morgan fingerprint density at radius 2 is 2.05 bits per heavy atom. The summed E-state index contributed by atoms with van der Waals surface area (Å²) >= 11 is 0. The predicted octanol–water partition coefficient (Wildman–Crippen LogP) is 2.88. The highest BCUT2D eigenvalue weighted by Crippen LogP contribution is 2.18. The van der Waals surface area contributed by atoms with Crippen LogP contribution in [0.2, 0.25) is 0 Å². The van der Waals surface area contributed by atoms with Crippen LogP contribution in [0, 0.1) is 0 Å². The Hall–Kier alpha value is -2.04. The Balaban J connectivity index is 2.49. The van der Waals surface area contributed by atoms with E-state index < -0.39 is 0 Å². The first-order valence-corrected chi connectivity index (χ1v) is 7.25. The highest BCUT2D eigenvalue weighted by molar-refractivity contribution is 5.92. The Bertz CT molecular complexity index is 496. The van der Waals surface area contributed by atoms with Gasteiger partial charge in [-0.15, -0.1) is 0 Å². The number of ether oxygens (including phenoxy) is 1. The molecule has 1 aromatic rings. The summed E-state index contributed by atoms with van der Waals surface area (Å²) < 4.78 is 5.02. The van der Waals surface area contributed by atoms with Crippen molar-refractivity contribution in [3.8, 4) is 0 Å². The number of esters is 1. The maximum Gasteiger partial charge on any atom is 0.307 e. The van der Waals surface area contributed by atoms with Gasteiger partial charge in [-0.3, -0.25) is 9.79 Å². The molecule has 1 aromatic carbocycles. The van der Waals surface area contributed by atoms with Crippen molar-refractivity contribution in [3.63, 3.8) is 0 Å². The van der Waals surface area contributed by atoms with Gasteiger partial charge < -0.3 is 15.8 Å². The summed E-state index contributed by atoms with van der Waals surface area (Å²) in [6.07, 6.45) is 0.128. The number of aliphatic imine (C=N–C) groups is 1. The Kier molecular flexibility index (Phi) is 6.72. The molecule has 5 nitrogen and oxygen atoms in total. The quantitative estimate of drug-likeness (QED) is 0.480. The second-order valence-electron chi connectivity index (χ2n) is 5.46. The van der Waals surface area contributed by atoms with E-state index in [-0.39, 0.29) is 18.5 Å². The van der Waals surface area contributed by atoms with Crippen molar-refractivity contribution in [1.29, 1.82) is 0 Å². The van der Waals surface area contributed by atoms with Gasteiger partial charge in [-0.1, -0.05) is 26.0 Å². The van der Waals surface area contributed by atoms with Crippen molar-refractivity contribution in [2.24, 2.45) is 10.7 Å². The van der Waals surface area contributed by atoms with Crippen molar-refractivity contribution < 1.29 is 9.53 Å². The SMILES string of the molecule is CC(C)OC(=O)CCN=C(N)Nc1cccc(C(C)C)c1. The summed E-state index contributed by atoms with van der Waals surface area (Å²) in [4.78, 5) is 15.5. The van der Waals surface area contributed by atoms with Crippen molar-refractivity contribution in [3.05, 3.63) is 29.8 Å². The van der Waals surface area contributed by atoms with Gasteiger partial charge in [-0.25, -0.2) is 0 Å². The predicted molar refractivity (Wildman–Crippen MR) is 86.5 cm³/mol. The first-order chi connectivity index (χ1) is 9.88. The lowest BCUT2D eigenvalue weighted by molar-refractivity contribution is -0.147. The number of nitrogens with one attached hydrogen (secondary N) is 1. The van der Waals surface area contributed by atoms with E-state index in [1.165, 1.54) is 5.56 Å². The molecular weight excluding hydrogens is 266 g/mol. The van der Waals surface area contributed by atoms with E-state index in [4.69, 9.17) is 10.5 Å². The highest BCUT2D eigenvalue weighted by atomic mass is 16.5. The van der Waals surface area contributed by atoms with Crippen LogP contribution in [-0.2, 0) is 9.53 Å². The molecule has 0 amide bonds. The van der Waals surface area contributed by atoms with E-state index >= 15 is 0 Å². The van der Waals surface area contributed by atoms with Gasteiger partial charge in [0.05, 0.1) is 19.1 Å². The first-order valence-electron chi connectivity index (χ1n) is 7.25. The number of carbonyl (C=O) groups is 1. The largest absolute Gasteiger partial charge is 0.463 e. The van der Waals surface area contributed by atoms with Gasteiger partial charge in [0.15, 0.2) is 5.96 Å². The molecule has 0 saturated carbocycles. The minimum absolute atomic E-state index is 0.101. The number of guanidine groups is 1. The van der Waals surface area contributed by atoms with Crippen molar-refractivity contribution in [2.75, 3.05) is 11.9 Å². The first kappa shape index (κ1) is 17.0. The monoisotopic (exact) mass is 291 g/mol. The second kappa shape index (κ2) is 8.29. The number of nitrogens with two attached hydrogens (primary N) is 1. The van der Waals surface area contributed by atoms with Gasteiger partial charge in [-0.05, 0) is 37.5 Å². The average Bonchev–Trinajstić information content (AvgIpc) is 2.37. The number of rotatable bonds is 6. The zero-order valence-corrected chi connectivity index (χ0v) is 13.2. The lowest BCUT2D eigenvalue weighted by atomic mass is 10.0. The third-order valence-corrected chi connectivity index (χ3v) is 2.79. The van der Waals surface area contributed by atoms with Crippen LogP contribution in [0.15, 0.2) is 29.3 Å². The number of hydrogen-bond acceptors (Lipinski definition) is 3. The summed E-state index contributed by atoms with van der Waals surface area (Å²) in [5, 5.41) is 3.03. The standard InChI is InChI=1S/C16H25N3O2/c1-11(2)13-6-5-7-14(10-13)19-16(17)18-9-8-15(20)21-12(3)4/h5-7,10-12H,8-9H2,1-4H3,(H3,17,18,19). The van der Waals surface area contributed by atoms with E-state index in [9.17, 15) is 4.79 Å². The van der Waals surface area contributed by atoms with E-state index in [1.54, 1.807) is 0 Å². The maximum atomic E-state index is 11.4. The van der Waals surface area contributed by atoms with Gasteiger partial charge in [-0.2, -0.15) is 0 Å². The van der Waals surface area contributed by atoms with Gasteiger partial charge in [0.1, 0.15) is 0 Å². The smallest absolute Gasteiger partial charge is 0.307 e. The minimum atomic E-state index is -0.261. The summed E-state index contributed by atoms with van der Waals surface area (Å²) in [5.74, 6) is 0.493. The van der Waals surface area contributed by atoms with Crippen LogP contribution in [0.3, 0.4) is 0 Å². The Morgan fingerprint density at radius 1 is 1.33 bits per heavy atom. The Labute approximate surface area is 126 Å². The molecular formula is C16H25N3O2. The Morgan fingerprint density at radius 3 is 2.67 bits per heavy atom. The van der Waals surface area contributed by atoms with Crippen LogP contribution in [-0.4, -0.2) is 24.6 Å². The molecule has 0 fully saturated rings. The maximum absolute atomic E-state index is 11.4. The molecule has 0 aliphatic heterocycles. The van der Waals surface area contributed by atoms with Crippen LogP contribution in [0.25, 0.3) is 0 Å². The van der Waals surface area contributed by atoms with Crippen LogP contribution in [0.4, 0.5) is 5.69 Å². The van der Waals surface area contributed by atoms with E-state index in [1.807, 2.05) is 32.0 Å². The molecule has 0 saturated heterocycles. The number of benzene rings is 1. The van der Waals surface area contributed by atoms with Gasteiger partial charge in [0, 0.05) is 5.69 Å². The van der Waals surface area contributed by atoms with Gasteiger partial charge in [0.25, 0.3) is 0 Å². The molecule has 116 valence electrons. The fraction of sp³-hybridized carbons (Fsp3) is 0.500. The molecule has 0 atom stereocenters. The molecule has 5 heteroatoms.